The van der Waals surface area contributed by atoms with E-state index in [1.165, 1.54) is 44.9 Å². The number of nitrogens with zero attached hydrogens (tertiary/aromatic N) is 3. The van der Waals surface area contributed by atoms with E-state index in [1.807, 2.05) is 0 Å². The van der Waals surface area contributed by atoms with Gasteiger partial charge in [0.2, 0.25) is 0 Å². The number of ketones is 1. The maximum absolute atomic E-state index is 13.4. The van der Waals surface area contributed by atoms with Gasteiger partial charge in [0.25, 0.3) is 0 Å². The van der Waals surface area contributed by atoms with Crippen molar-refractivity contribution in [1.29, 1.82) is 5.26 Å². The summed E-state index contributed by atoms with van der Waals surface area (Å²) in [5.74, 6) is 4.71. The summed E-state index contributed by atoms with van der Waals surface area (Å²) in [6.45, 7) is 5.09. The first kappa shape index (κ1) is 20.9. The molecule has 5 nitrogen and oxygen atoms in total. The molecule has 0 bridgehead atoms. The van der Waals surface area contributed by atoms with Gasteiger partial charge in [-0.2, -0.15) is 10.4 Å². The highest BCUT2D eigenvalue weighted by Gasteiger charge is 2.67. The van der Waals surface area contributed by atoms with E-state index in [-0.39, 0.29) is 17.4 Å². The lowest BCUT2D eigenvalue weighted by atomic mass is 9.36. The van der Waals surface area contributed by atoms with Gasteiger partial charge in [-0.1, -0.05) is 20.3 Å². The number of hydrogen-bond acceptors (Lipinski definition) is 4. The van der Waals surface area contributed by atoms with Gasteiger partial charge in [-0.3, -0.25) is 9.48 Å². The highest BCUT2D eigenvalue weighted by Crippen LogP contribution is 2.72. The molecule has 5 fully saturated rings. The van der Waals surface area contributed by atoms with Gasteiger partial charge in [-0.05, 0) is 97.7 Å². The standard InChI is InChI=1S/C27H37N3O2/c1-16-3-4-21-19-7-9-26(2)20(18(19)8-10-27(21)11-23(31)25(16)27)5-6-22(26)24(32)15-30-14-17(12-28)13-29-30/h13-14,16,18-23,25,31H,3-11,15H2,1-2H3/t16-,18+,19-,20-,21+,22?,23?,25?,26-,27+/m0/s1. The summed E-state index contributed by atoms with van der Waals surface area (Å²) < 4.78 is 1.65. The maximum Gasteiger partial charge on any atom is 0.157 e. The molecule has 6 rings (SSSR count). The van der Waals surface area contributed by atoms with E-state index < -0.39 is 0 Å². The first-order chi connectivity index (χ1) is 15.4. The molecule has 5 heteroatoms. The van der Waals surface area contributed by atoms with Crippen molar-refractivity contribution in [2.45, 2.75) is 84.3 Å². The molecule has 10 atom stereocenters. The minimum atomic E-state index is -0.0597. The van der Waals surface area contributed by atoms with Gasteiger partial charge in [0, 0.05) is 12.1 Å². The average molecular weight is 436 g/mol. The van der Waals surface area contributed by atoms with Gasteiger partial charge in [-0.25, -0.2) is 0 Å². The Morgan fingerprint density at radius 2 is 1.94 bits per heavy atom. The van der Waals surface area contributed by atoms with E-state index in [9.17, 15) is 9.90 Å². The first-order valence-electron chi connectivity index (χ1n) is 13.0. The van der Waals surface area contributed by atoms with E-state index >= 15 is 0 Å². The number of carbonyl (C=O) groups excluding carboxylic acids is 1. The van der Waals surface area contributed by atoms with Crippen LogP contribution in [0.5, 0.6) is 0 Å². The topological polar surface area (TPSA) is 78.9 Å². The number of carbonyl (C=O) groups is 1. The van der Waals surface area contributed by atoms with E-state index in [4.69, 9.17) is 5.26 Å². The van der Waals surface area contributed by atoms with Crippen LogP contribution in [0.15, 0.2) is 12.4 Å². The van der Waals surface area contributed by atoms with Crippen LogP contribution in [-0.4, -0.2) is 26.8 Å². The highest BCUT2D eigenvalue weighted by molar-refractivity contribution is 5.82. The molecule has 5 aliphatic carbocycles. The van der Waals surface area contributed by atoms with Crippen LogP contribution in [0.4, 0.5) is 0 Å². The molecule has 1 N–H and O–H groups in total. The second kappa shape index (κ2) is 7.16. The fourth-order valence-corrected chi connectivity index (χ4v) is 10.2. The molecule has 1 aromatic rings. The number of aliphatic hydroxyl groups excluding tert-OH is 1. The second-order valence-corrected chi connectivity index (χ2v) is 12.3. The third-order valence-electron chi connectivity index (χ3n) is 11.4. The van der Waals surface area contributed by atoms with Crippen LogP contribution in [0.3, 0.4) is 0 Å². The van der Waals surface area contributed by atoms with Crippen LogP contribution in [0, 0.1) is 63.6 Å². The van der Waals surface area contributed by atoms with Crippen molar-refractivity contribution in [3.63, 3.8) is 0 Å². The first-order valence-corrected chi connectivity index (χ1v) is 13.0. The van der Waals surface area contributed by atoms with Crippen molar-refractivity contribution in [2.24, 2.45) is 52.3 Å². The minimum absolute atomic E-state index is 0.0597. The molecule has 1 aromatic heterocycles. The monoisotopic (exact) mass is 435 g/mol. The van der Waals surface area contributed by atoms with Gasteiger partial charge in [0.05, 0.1) is 24.4 Å². The zero-order valence-corrected chi connectivity index (χ0v) is 19.5. The SMILES string of the molecule is C[C@H]1CC[C@@H]2[C@H]3CC[C@]4(C)C(C(=O)Cn5cc(C#N)cn5)CC[C@H]4[C@@H]3CC[C@@]23CC(O)C13. The number of Topliss-reactive ketones (excluding diaryl/α,β-unsaturated/α-hetero) is 1. The predicted octanol–water partition coefficient (Wildman–Crippen LogP) is 4.59. The Morgan fingerprint density at radius 3 is 2.69 bits per heavy atom. The zero-order valence-electron chi connectivity index (χ0n) is 19.5. The summed E-state index contributed by atoms with van der Waals surface area (Å²) in [4.78, 5) is 13.4. The lowest BCUT2D eigenvalue weighted by Crippen LogP contribution is -2.65. The van der Waals surface area contributed by atoms with Gasteiger partial charge in [-0.15, -0.1) is 0 Å². The van der Waals surface area contributed by atoms with Crippen LogP contribution < -0.4 is 0 Å². The van der Waals surface area contributed by atoms with Crippen LogP contribution in [0.25, 0.3) is 0 Å². The largest absolute Gasteiger partial charge is 0.393 e. The number of fused-ring (bicyclic) bond motifs is 4. The molecule has 0 aromatic carbocycles. The van der Waals surface area contributed by atoms with Crippen molar-refractivity contribution < 1.29 is 9.90 Å². The second-order valence-electron chi connectivity index (χ2n) is 12.3. The molecule has 32 heavy (non-hydrogen) atoms. The molecule has 1 spiro atoms. The number of aliphatic hydroxyl groups is 1. The predicted molar refractivity (Wildman–Crippen MR) is 120 cm³/mol. The molecule has 172 valence electrons. The molecule has 5 aliphatic rings. The van der Waals surface area contributed by atoms with Crippen LogP contribution in [0.1, 0.15) is 77.2 Å². The number of rotatable bonds is 3. The van der Waals surface area contributed by atoms with Crippen LogP contribution in [0.2, 0.25) is 0 Å². The third kappa shape index (κ3) is 2.71. The maximum atomic E-state index is 13.4. The van der Waals surface area contributed by atoms with Crippen molar-refractivity contribution in [3.8, 4) is 6.07 Å². The Labute approximate surface area is 191 Å². The van der Waals surface area contributed by atoms with Gasteiger partial charge in [0.15, 0.2) is 5.78 Å². The van der Waals surface area contributed by atoms with E-state index in [0.29, 0.717) is 41.1 Å². The van der Waals surface area contributed by atoms with Gasteiger partial charge < -0.3 is 5.11 Å². The molecule has 0 amide bonds. The summed E-state index contributed by atoms with van der Waals surface area (Å²) in [6.07, 6.45) is 14.1. The Hall–Kier alpha value is -1.67. The van der Waals surface area contributed by atoms with Crippen molar-refractivity contribution >= 4 is 5.78 Å². The number of nitriles is 1. The normalized spacial score (nSPS) is 49.1. The quantitative estimate of drug-likeness (QED) is 0.753. The summed E-state index contributed by atoms with van der Waals surface area (Å²) in [7, 11) is 0. The van der Waals surface area contributed by atoms with E-state index in [0.717, 1.165) is 30.6 Å². The molecule has 0 radical (unpaired) electrons. The number of hydrogen-bond donors (Lipinski definition) is 1. The molecule has 0 aliphatic heterocycles. The zero-order chi connectivity index (χ0) is 22.3. The highest BCUT2D eigenvalue weighted by atomic mass is 16.3. The number of aromatic nitrogens is 2. The van der Waals surface area contributed by atoms with Gasteiger partial charge >= 0.3 is 0 Å². The van der Waals surface area contributed by atoms with Crippen LogP contribution >= 0.6 is 0 Å². The van der Waals surface area contributed by atoms with Crippen molar-refractivity contribution in [1.82, 2.24) is 9.78 Å². The minimum Gasteiger partial charge on any atom is -0.393 e. The fraction of sp³-hybridized carbons (Fsp3) is 0.815. The third-order valence-corrected chi connectivity index (χ3v) is 11.4. The van der Waals surface area contributed by atoms with Gasteiger partial charge in [0.1, 0.15) is 6.07 Å². The summed E-state index contributed by atoms with van der Waals surface area (Å²) >= 11 is 0. The van der Waals surface area contributed by atoms with E-state index in [1.54, 1.807) is 17.1 Å². The smallest absolute Gasteiger partial charge is 0.157 e. The molecule has 3 unspecified atom stereocenters. The summed E-state index contributed by atoms with van der Waals surface area (Å²) in [5.41, 5.74) is 1.07. The lowest BCUT2D eigenvalue weighted by Gasteiger charge is -2.69. The Bertz CT molecular complexity index is 964. The molecule has 0 saturated heterocycles. The Kier molecular flexibility index (Phi) is 4.68. The summed E-state index contributed by atoms with van der Waals surface area (Å²) in [5, 5.41) is 23.9. The fourth-order valence-electron chi connectivity index (χ4n) is 10.2. The van der Waals surface area contributed by atoms with Crippen molar-refractivity contribution in [3.05, 3.63) is 18.0 Å². The Balaban J connectivity index is 1.21. The Morgan fingerprint density at radius 1 is 1.19 bits per heavy atom. The molecule has 5 saturated carbocycles. The van der Waals surface area contributed by atoms with Crippen molar-refractivity contribution in [2.75, 3.05) is 0 Å². The molecular formula is C27H37N3O2. The average Bonchev–Trinajstić information content (AvgIpc) is 3.35. The van der Waals surface area contributed by atoms with Crippen LogP contribution in [-0.2, 0) is 11.3 Å². The molecular weight excluding hydrogens is 398 g/mol. The molecule has 1 heterocycles. The lowest BCUT2D eigenvalue weighted by molar-refractivity contribution is -0.234. The summed E-state index contributed by atoms with van der Waals surface area (Å²) in [6, 6.07) is 2.10. The van der Waals surface area contributed by atoms with E-state index in [2.05, 4.69) is 25.0 Å².